The lowest BCUT2D eigenvalue weighted by Crippen LogP contribution is -2.50. The second-order valence-corrected chi connectivity index (χ2v) is 10.7. The van der Waals surface area contributed by atoms with Gasteiger partial charge in [-0.25, -0.2) is 14.1 Å². The largest absolute Gasteiger partial charge is 0.388 e. The molecule has 2 aromatic heterocycles. The van der Waals surface area contributed by atoms with E-state index in [1.807, 2.05) is 4.90 Å². The SMILES string of the molecule is O=C(NCc1ccc(F)cc1)c1cccc(-n2ncc3c(=O)n(CC4(O)CCN(C(=O)C5CC5)CC4)cnc32)c1. The van der Waals surface area contributed by atoms with Crippen LogP contribution in [0.1, 0.15) is 41.6 Å². The summed E-state index contributed by atoms with van der Waals surface area (Å²) < 4.78 is 16.0. The molecular weight excluding hydrogens is 515 g/mol. The maximum Gasteiger partial charge on any atom is 0.264 e. The molecule has 3 heterocycles. The zero-order valence-corrected chi connectivity index (χ0v) is 21.8. The van der Waals surface area contributed by atoms with Crippen molar-refractivity contribution in [3.05, 3.63) is 88.4 Å². The number of carbonyl (C=O) groups is 2. The third kappa shape index (κ3) is 5.24. The normalized spacial score (nSPS) is 16.7. The molecule has 0 unspecified atom stereocenters. The number of aromatic nitrogens is 4. The van der Waals surface area contributed by atoms with E-state index in [0.717, 1.165) is 18.4 Å². The number of fused-ring (bicyclic) bond motifs is 1. The molecule has 2 amide bonds. The number of rotatable bonds is 7. The highest BCUT2D eigenvalue weighted by Gasteiger charge is 2.39. The smallest absolute Gasteiger partial charge is 0.264 e. The van der Waals surface area contributed by atoms with Crippen molar-refractivity contribution >= 4 is 22.8 Å². The molecule has 6 rings (SSSR count). The Kier molecular flexibility index (Phi) is 6.67. The molecule has 10 nitrogen and oxygen atoms in total. The van der Waals surface area contributed by atoms with Gasteiger partial charge in [0, 0.05) is 31.1 Å². The number of halogens is 1. The second kappa shape index (κ2) is 10.3. The minimum absolute atomic E-state index is 0.0785. The van der Waals surface area contributed by atoms with Crippen molar-refractivity contribution in [1.29, 1.82) is 0 Å². The maximum absolute atomic E-state index is 13.3. The number of nitrogens with one attached hydrogen (secondary N) is 1. The van der Waals surface area contributed by atoms with E-state index < -0.39 is 5.60 Å². The predicted octanol–water partition coefficient (Wildman–Crippen LogP) is 2.41. The molecule has 2 fully saturated rings. The van der Waals surface area contributed by atoms with E-state index >= 15 is 0 Å². The molecule has 0 spiro atoms. The van der Waals surface area contributed by atoms with Crippen molar-refractivity contribution in [3.63, 3.8) is 0 Å². The van der Waals surface area contributed by atoms with Crippen LogP contribution in [-0.2, 0) is 17.9 Å². The number of hydrogen-bond acceptors (Lipinski definition) is 6. The van der Waals surface area contributed by atoms with Crippen LogP contribution in [0.5, 0.6) is 0 Å². The van der Waals surface area contributed by atoms with Gasteiger partial charge in [0.1, 0.15) is 17.5 Å². The van der Waals surface area contributed by atoms with E-state index in [1.165, 1.54) is 33.9 Å². The molecule has 40 heavy (non-hydrogen) atoms. The van der Waals surface area contributed by atoms with Crippen molar-refractivity contribution in [2.45, 2.75) is 44.4 Å². The summed E-state index contributed by atoms with van der Waals surface area (Å²) in [4.78, 5) is 44.7. The van der Waals surface area contributed by atoms with Crippen LogP contribution in [0.2, 0.25) is 0 Å². The number of nitrogens with zero attached hydrogens (tertiary/aromatic N) is 5. The van der Waals surface area contributed by atoms with Crippen LogP contribution in [0.4, 0.5) is 4.39 Å². The highest BCUT2D eigenvalue weighted by atomic mass is 19.1. The molecule has 4 aromatic rings. The fourth-order valence-corrected chi connectivity index (χ4v) is 5.12. The van der Waals surface area contributed by atoms with Gasteiger partial charge in [-0.15, -0.1) is 0 Å². The third-order valence-electron chi connectivity index (χ3n) is 7.67. The van der Waals surface area contributed by atoms with E-state index in [9.17, 15) is 23.9 Å². The van der Waals surface area contributed by atoms with Gasteiger partial charge in [-0.3, -0.25) is 19.0 Å². The molecule has 206 valence electrons. The van der Waals surface area contributed by atoms with Crippen molar-refractivity contribution in [1.82, 2.24) is 29.5 Å². The van der Waals surface area contributed by atoms with Crippen LogP contribution < -0.4 is 10.9 Å². The number of piperidine rings is 1. The second-order valence-electron chi connectivity index (χ2n) is 10.7. The minimum atomic E-state index is -1.11. The van der Waals surface area contributed by atoms with Crippen molar-refractivity contribution in [2.24, 2.45) is 5.92 Å². The van der Waals surface area contributed by atoms with Crippen LogP contribution in [0.15, 0.2) is 65.8 Å². The lowest BCUT2D eigenvalue weighted by molar-refractivity contribution is -0.137. The topological polar surface area (TPSA) is 122 Å². The molecule has 0 atom stereocenters. The molecule has 1 saturated carbocycles. The quantitative estimate of drug-likeness (QED) is 0.369. The number of carbonyl (C=O) groups excluding carboxylic acids is 2. The van der Waals surface area contributed by atoms with Gasteiger partial charge in [0.05, 0.1) is 24.0 Å². The first-order valence-corrected chi connectivity index (χ1v) is 13.4. The molecule has 1 aliphatic carbocycles. The van der Waals surface area contributed by atoms with Gasteiger partial charge in [-0.05, 0) is 61.6 Å². The van der Waals surface area contributed by atoms with Gasteiger partial charge in [-0.2, -0.15) is 5.10 Å². The Balaban J connectivity index is 1.16. The van der Waals surface area contributed by atoms with Crippen LogP contribution in [0.3, 0.4) is 0 Å². The van der Waals surface area contributed by atoms with Gasteiger partial charge in [0.15, 0.2) is 5.65 Å². The average molecular weight is 545 g/mol. The maximum atomic E-state index is 13.3. The number of aliphatic hydroxyl groups is 1. The standard InChI is InChI=1S/C29H29FN6O4/c30-22-8-4-19(5-9-22)15-31-26(37)21-2-1-3-23(14-21)36-25-24(16-33-36)28(39)35(18-32-25)17-29(40)10-12-34(13-11-29)27(38)20-6-7-20/h1-5,8-9,14,16,18,20,40H,6-7,10-13,15,17H2,(H,31,37). The van der Waals surface area contributed by atoms with Crippen molar-refractivity contribution in [2.75, 3.05) is 13.1 Å². The Morgan fingerprint density at radius 2 is 1.85 bits per heavy atom. The van der Waals surface area contributed by atoms with Crippen LogP contribution in [-0.4, -0.2) is 59.8 Å². The summed E-state index contributed by atoms with van der Waals surface area (Å²) in [6.07, 6.45) is 5.52. The summed E-state index contributed by atoms with van der Waals surface area (Å²) in [6.45, 7) is 1.27. The highest BCUT2D eigenvalue weighted by Crippen LogP contribution is 2.33. The van der Waals surface area contributed by atoms with Crippen LogP contribution in [0.25, 0.3) is 16.7 Å². The van der Waals surface area contributed by atoms with Crippen molar-refractivity contribution in [3.8, 4) is 5.69 Å². The van der Waals surface area contributed by atoms with Gasteiger partial charge < -0.3 is 15.3 Å². The van der Waals surface area contributed by atoms with Gasteiger partial charge >= 0.3 is 0 Å². The summed E-state index contributed by atoms with van der Waals surface area (Å²) in [6, 6.07) is 12.7. The Labute approximate surface area is 229 Å². The summed E-state index contributed by atoms with van der Waals surface area (Å²) in [5.74, 6) is -0.332. The number of likely N-dealkylation sites (tertiary alicyclic amines) is 1. The first-order valence-electron chi connectivity index (χ1n) is 13.4. The fraction of sp³-hybridized carbons (Fsp3) is 0.345. The summed E-state index contributed by atoms with van der Waals surface area (Å²) in [5.41, 5.74) is 0.624. The lowest BCUT2D eigenvalue weighted by atomic mass is 9.91. The van der Waals surface area contributed by atoms with Gasteiger partial charge in [-0.1, -0.05) is 18.2 Å². The molecule has 2 aliphatic rings. The number of hydrogen-bond donors (Lipinski definition) is 2. The summed E-state index contributed by atoms with van der Waals surface area (Å²) >= 11 is 0. The van der Waals surface area contributed by atoms with E-state index in [4.69, 9.17) is 0 Å². The van der Waals surface area contributed by atoms with E-state index in [1.54, 1.807) is 36.4 Å². The summed E-state index contributed by atoms with van der Waals surface area (Å²) in [5, 5.41) is 18.6. The van der Waals surface area contributed by atoms with Gasteiger partial charge in [0.25, 0.3) is 11.5 Å². The molecule has 1 saturated heterocycles. The fourth-order valence-electron chi connectivity index (χ4n) is 5.12. The molecular formula is C29H29FN6O4. The van der Waals surface area contributed by atoms with Crippen LogP contribution in [0, 0.1) is 11.7 Å². The highest BCUT2D eigenvalue weighted by molar-refractivity contribution is 5.94. The Morgan fingerprint density at radius 3 is 2.58 bits per heavy atom. The molecule has 1 aliphatic heterocycles. The minimum Gasteiger partial charge on any atom is -0.388 e. The number of benzene rings is 2. The zero-order chi connectivity index (χ0) is 27.9. The average Bonchev–Trinajstić information content (AvgIpc) is 3.73. The number of amides is 2. The zero-order valence-electron chi connectivity index (χ0n) is 21.8. The third-order valence-corrected chi connectivity index (χ3v) is 7.67. The molecule has 0 bridgehead atoms. The van der Waals surface area contributed by atoms with Crippen molar-refractivity contribution < 1.29 is 19.1 Å². The van der Waals surface area contributed by atoms with Gasteiger partial charge in [0.2, 0.25) is 5.91 Å². The van der Waals surface area contributed by atoms with E-state index in [2.05, 4.69) is 15.4 Å². The monoisotopic (exact) mass is 544 g/mol. The molecule has 2 aromatic carbocycles. The molecule has 2 N–H and O–H groups in total. The van der Waals surface area contributed by atoms with E-state index in [0.29, 0.717) is 48.2 Å². The first-order chi connectivity index (χ1) is 19.3. The lowest BCUT2D eigenvalue weighted by Gasteiger charge is -2.38. The first kappa shape index (κ1) is 25.9. The van der Waals surface area contributed by atoms with E-state index in [-0.39, 0.29) is 42.2 Å². The Hall–Kier alpha value is -4.38. The van der Waals surface area contributed by atoms with Crippen LogP contribution >= 0.6 is 0 Å². The Bertz CT molecular complexity index is 1630. The molecule has 11 heteroatoms. The Morgan fingerprint density at radius 1 is 1.10 bits per heavy atom. The molecule has 0 radical (unpaired) electrons. The predicted molar refractivity (Wildman–Crippen MR) is 144 cm³/mol. The summed E-state index contributed by atoms with van der Waals surface area (Å²) in [7, 11) is 0.